The summed E-state index contributed by atoms with van der Waals surface area (Å²) in [6, 6.07) is 8.13. The highest BCUT2D eigenvalue weighted by Gasteiger charge is 2.22. The van der Waals surface area contributed by atoms with Crippen LogP contribution >= 0.6 is 35.3 Å². The van der Waals surface area contributed by atoms with E-state index in [1.165, 1.54) is 10.4 Å². The average Bonchev–Trinajstić information content (AvgIpc) is 2.98. The second kappa shape index (κ2) is 10.0. The minimum atomic E-state index is 0. The molecule has 0 radical (unpaired) electrons. The van der Waals surface area contributed by atoms with Crippen LogP contribution in [0.5, 0.6) is 0 Å². The lowest BCUT2D eigenvalue weighted by Crippen LogP contribution is -2.45. The first-order valence-electron chi connectivity index (χ1n) is 8.84. The monoisotopic (exact) mass is 499 g/mol. The van der Waals surface area contributed by atoms with Crippen LogP contribution in [0.3, 0.4) is 0 Å². The maximum atomic E-state index is 12.7. The molecule has 27 heavy (non-hydrogen) atoms. The molecule has 2 N–H and O–H groups in total. The van der Waals surface area contributed by atoms with Gasteiger partial charge >= 0.3 is 0 Å². The summed E-state index contributed by atoms with van der Waals surface area (Å²) >= 11 is 1.67. The van der Waals surface area contributed by atoms with Gasteiger partial charge in [-0.1, -0.05) is 18.2 Å². The molecule has 0 fully saturated rings. The van der Waals surface area contributed by atoms with Crippen LogP contribution in [0.1, 0.15) is 27.6 Å². The Hall–Kier alpha value is -1.68. The summed E-state index contributed by atoms with van der Waals surface area (Å²) in [5, 5.41) is 7.44. The van der Waals surface area contributed by atoms with Gasteiger partial charge in [0.05, 0.1) is 23.8 Å². The van der Waals surface area contributed by atoms with E-state index in [1.807, 2.05) is 36.9 Å². The van der Waals surface area contributed by atoms with Crippen molar-refractivity contribution in [3.63, 3.8) is 0 Å². The Morgan fingerprint density at radius 2 is 2.07 bits per heavy atom. The summed E-state index contributed by atoms with van der Waals surface area (Å²) in [4.78, 5) is 24.4. The van der Waals surface area contributed by atoms with Gasteiger partial charge in [0.15, 0.2) is 5.96 Å². The number of fused-ring (bicyclic) bond motifs is 1. The summed E-state index contributed by atoms with van der Waals surface area (Å²) in [6.07, 6.45) is 2.03. The number of rotatable bonds is 4. The Bertz CT molecular complexity index is 820. The van der Waals surface area contributed by atoms with Gasteiger partial charge in [0, 0.05) is 24.2 Å². The molecule has 6 nitrogen and oxygen atoms in total. The molecule has 0 spiro atoms. The van der Waals surface area contributed by atoms with Crippen LogP contribution in [0.4, 0.5) is 5.69 Å². The van der Waals surface area contributed by atoms with Crippen molar-refractivity contribution in [2.45, 2.75) is 33.2 Å². The molecule has 8 heteroatoms. The number of nitrogens with zero attached hydrogens (tertiary/aromatic N) is 3. The molecule has 0 saturated heterocycles. The molecule has 1 aromatic carbocycles. The second-order valence-corrected chi connectivity index (χ2v) is 7.59. The van der Waals surface area contributed by atoms with Gasteiger partial charge in [0.1, 0.15) is 0 Å². The largest absolute Gasteiger partial charge is 0.351 e. The van der Waals surface area contributed by atoms with E-state index in [-0.39, 0.29) is 36.4 Å². The molecule has 0 atom stereocenters. The lowest BCUT2D eigenvalue weighted by atomic mass is 10.0. The molecule has 146 valence electrons. The number of para-hydroxylation sites is 1. The number of benzene rings is 1. The standard InChI is InChI=1S/C19H25N5OS.HI/c1-13-17(26-14(2)23-13)11-21-19(20-3)22-12-18(25)24-10-6-8-15-7-4-5-9-16(15)24;/h4-5,7,9H,6,8,10-12H2,1-3H3,(H2,20,21,22);1H. The average molecular weight is 499 g/mol. The lowest BCUT2D eigenvalue weighted by Gasteiger charge is -2.29. The number of aromatic nitrogens is 1. The predicted octanol–water partition coefficient (Wildman–Crippen LogP) is 3.02. The Morgan fingerprint density at radius 3 is 2.78 bits per heavy atom. The van der Waals surface area contributed by atoms with Crippen LogP contribution in [0.2, 0.25) is 0 Å². The zero-order valence-corrected chi connectivity index (χ0v) is 19.1. The number of aryl methyl sites for hydroxylation is 3. The van der Waals surface area contributed by atoms with Crippen molar-refractivity contribution in [2.24, 2.45) is 4.99 Å². The van der Waals surface area contributed by atoms with Gasteiger partial charge in [-0.05, 0) is 38.3 Å². The number of hydrogen-bond donors (Lipinski definition) is 2. The number of hydrogen-bond acceptors (Lipinski definition) is 4. The van der Waals surface area contributed by atoms with E-state index in [0.717, 1.165) is 35.8 Å². The van der Waals surface area contributed by atoms with Crippen LogP contribution in [0.15, 0.2) is 29.3 Å². The highest BCUT2D eigenvalue weighted by molar-refractivity contribution is 14.0. The van der Waals surface area contributed by atoms with Crippen molar-refractivity contribution in [3.05, 3.63) is 45.4 Å². The van der Waals surface area contributed by atoms with Gasteiger partial charge in [0.25, 0.3) is 0 Å². The van der Waals surface area contributed by atoms with Gasteiger partial charge in [-0.15, -0.1) is 35.3 Å². The summed E-state index contributed by atoms with van der Waals surface area (Å²) in [5.41, 5.74) is 3.31. The molecule has 1 aliphatic rings. The van der Waals surface area contributed by atoms with Gasteiger partial charge in [-0.25, -0.2) is 4.98 Å². The molecule has 1 aliphatic heterocycles. The van der Waals surface area contributed by atoms with E-state index >= 15 is 0 Å². The van der Waals surface area contributed by atoms with E-state index in [4.69, 9.17) is 0 Å². The third-order valence-electron chi connectivity index (χ3n) is 4.46. The van der Waals surface area contributed by atoms with Gasteiger partial charge in [-0.2, -0.15) is 0 Å². The summed E-state index contributed by atoms with van der Waals surface area (Å²) in [6.45, 7) is 5.65. The quantitative estimate of drug-likeness (QED) is 0.386. The van der Waals surface area contributed by atoms with Gasteiger partial charge < -0.3 is 15.5 Å². The van der Waals surface area contributed by atoms with Crippen molar-refractivity contribution in [3.8, 4) is 0 Å². The molecule has 0 saturated carbocycles. The fourth-order valence-corrected chi connectivity index (χ4v) is 4.05. The maximum absolute atomic E-state index is 12.7. The predicted molar refractivity (Wildman–Crippen MR) is 122 cm³/mol. The van der Waals surface area contributed by atoms with E-state index < -0.39 is 0 Å². The third-order valence-corrected chi connectivity index (χ3v) is 5.53. The molecule has 0 unspecified atom stereocenters. The number of aliphatic imine (C=N–C) groups is 1. The zero-order chi connectivity index (χ0) is 18.5. The fraction of sp³-hybridized carbons (Fsp3) is 0.421. The van der Waals surface area contributed by atoms with Gasteiger partial charge in [0.2, 0.25) is 5.91 Å². The number of amides is 1. The molecule has 1 aromatic heterocycles. The molecule has 2 heterocycles. The molecule has 0 bridgehead atoms. The molecule has 0 aliphatic carbocycles. The summed E-state index contributed by atoms with van der Waals surface area (Å²) < 4.78 is 0. The summed E-state index contributed by atoms with van der Waals surface area (Å²) in [7, 11) is 1.71. The molecular formula is C19H26IN5OS. The normalized spacial score (nSPS) is 13.6. The van der Waals surface area contributed by atoms with Crippen molar-refractivity contribution >= 4 is 52.9 Å². The molecular weight excluding hydrogens is 473 g/mol. The second-order valence-electron chi connectivity index (χ2n) is 6.30. The summed E-state index contributed by atoms with van der Waals surface area (Å²) in [5.74, 6) is 0.680. The lowest BCUT2D eigenvalue weighted by molar-refractivity contribution is -0.117. The van der Waals surface area contributed by atoms with E-state index in [0.29, 0.717) is 12.5 Å². The van der Waals surface area contributed by atoms with Crippen LogP contribution < -0.4 is 15.5 Å². The fourth-order valence-electron chi connectivity index (χ4n) is 3.17. The SMILES string of the molecule is CN=C(NCC(=O)N1CCCc2ccccc21)NCc1sc(C)nc1C.I. The number of carbonyl (C=O) groups is 1. The van der Waals surface area contributed by atoms with E-state index in [2.05, 4.69) is 26.7 Å². The number of guanidine groups is 1. The van der Waals surface area contributed by atoms with Crippen LogP contribution in [0, 0.1) is 13.8 Å². The first-order chi connectivity index (χ1) is 12.6. The maximum Gasteiger partial charge on any atom is 0.246 e. The number of nitrogens with one attached hydrogen (secondary N) is 2. The number of halogens is 1. The minimum absolute atomic E-state index is 0. The Labute approximate surface area is 181 Å². The highest BCUT2D eigenvalue weighted by atomic mass is 127. The Morgan fingerprint density at radius 1 is 1.30 bits per heavy atom. The first-order valence-corrected chi connectivity index (χ1v) is 9.66. The third kappa shape index (κ3) is 5.41. The van der Waals surface area contributed by atoms with E-state index in [1.54, 1.807) is 18.4 Å². The van der Waals surface area contributed by atoms with Crippen molar-refractivity contribution in [2.75, 3.05) is 25.0 Å². The number of anilines is 1. The molecule has 3 rings (SSSR count). The van der Waals surface area contributed by atoms with E-state index in [9.17, 15) is 4.79 Å². The Kier molecular flexibility index (Phi) is 8.03. The van der Waals surface area contributed by atoms with Crippen LogP contribution in [-0.2, 0) is 17.8 Å². The topological polar surface area (TPSA) is 69.6 Å². The van der Waals surface area contributed by atoms with Crippen molar-refractivity contribution in [1.82, 2.24) is 15.6 Å². The van der Waals surface area contributed by atoms with Crippen molar-refractivity contribution in [1.29, 1.82) is 0 Å². The number of thiazole rings is 1. The number of carbonyl (C=O) groups excluding carboxylic acids is 1. The van der Waals surface area contributed by atoms with Crippen LogP contribution in [-0.4, -0.2) is 37.0 Å². The molecule has 2 aromatic rings. The minimum Gasteiger partial charge on any atom is -0.351 e. The zero-order valence-electron chi connectivity index (χ0n) is 15.9. The van der Waals surface area contributed by atoms with Crippen molar-refractivity contribution < 1.29 is 4.79 Å². The molecule has 1 amide bonds. The first kappa shape index (κ1) is 21.6. The van der Waals surface area contributed by atoms with Crippen LogP contribution in [0.25, 0.3) is 0 Å². The Balaban J connectivity index is 0.00000261. The smallest absolute Gasteiger partial charge is 0.246 e. The van der Waals surface area contributed by atoms with Gasteiger partial charge in [-0.3, -0.25) is 9.79 Å². The highest BCUT2D eigenvalue weighted by Crippen LogP contribution is 2.26.